The van der Waals surface area contributed by atoms with Gasteiger partial charge in [0, 0.05) is 6.07 Å². The van der Waals surface area contributed by atoms with Gasteiger partial charge in [0.1, 0.15) is 30.0 Å². The molecule has 0 aliphatic rings. The third-order valence-corrected chi connectivity index (χ3v) is 3.94. The minimum atomic E-state index is -0.543. The van der Waals surface area contributed by atoms with Gasteiger partial charge in [-0.05, 0) is 36.4 Å². The number of esters is 2. The first-order valence-electron chi connectivity index (χ1n) is 8.83. The maximum Gasteiger partial charge on any atom is 0.344 e. The van der Waals surface area contributed by atoms with Gasteiger partial charge in [-0.15, -0.1) is 0 Å². The topological polar surface area (TPSA) is 101 Å². The molecule has 8 heteroatoms. The lowest BCUT2D eigenvalue weighted by molar-refractivity contribution is -0.144. The molecule has 0 amide bonds. The van der Waals surface area contributed by atoms with Crippen LogP contribution in [0.5, 0.6) is 17.2 Å². The second-order valence-corrected chi connectivity index (χ2v) is 5.97. The van der Waals surface area contributed by atoms with E-state index >= 15 is 0 Å². The zero-order valence-electron chi connectivity index (χ0n) is 16.1. The molecule has 0 N–H and O–H groups in total. The molecule has 0 atom stereocenters. The Balaban J connectivity index is 1.74. The summed E-state index contributed by atoms with van der Waals surface area (Å²) in [7, 11) is 1.29. The Morgan fingerprint density at radius 1 is 1.10 bits per heavy atom. The predicted octanol–water partition coefficient (Wildman–Crippen LogP) is 3.48. The Hall–Kier alpha value is -4.07. The summed E-state index contributed by atoms with van der Waals surface area (Å²) in [5, 5.41) is 0.278. The van der Waals surface area contributed by atoms with Crippen LogP contribution in [0.3, 0.4) is 0 Å². The maximum atomic E-state index is 12.7. The van der Waals surface area contributed by atoms with Gasteiger partial charge in [0.05, 0.1) is 18.1 Å². The van der Waals surface area contributed by atoms with Crippen molar-refractivity contribution < 1.29 is 33.0 Å². The van der Waals surface area contributed by atoms with Gasteiger partial charge in [0.2, 0.25) is 11.2 Å². The summed E-state index contributed by atoms with van der Waals surface area (Å²) in [5.74, 6) is -0.340. The van der Waals surface area contributed by atoms with Crippen LogP contribution in [-0.2, 0) is 14.3 Å². The summed E-state index contributed by atoms with van der Waals surface area (Å²) in [5.41, 5.74) is 0.242. The fourth-order valence-corrected chi connectivity index (χ4v) is 2.49. The van der Waals surface area contributed by atoms with Crippen LogP contribution >= 0.6 is 0 Å². The number of carbonyl (C=O) groups is 2. The number of carbonyl (C=O) groups excluding carboxylic acids is 2. The monoisotopic (exact) mass is 410 g/mol. The lowest BCUT2D eigenvalue weighted by Crippen LogP contribution is -2.14. The molecular weight excluding hydrogens is 392 g/mol. The standard InChI is InChI=1S/C22H18O8/c1-3-10-27-20(23)13-28-16-8-9-17-18(11-16)29-12-19(21(17)24)30-15-6-4-14(5-7-15)22(25)26-2/h3-9,11-12H,1,10,13H2,2H3. The van der Waals surface area contributed by atoms with Crippen LogP contribution in [0.15, 0.2) is 70.6 Å². The van der Waals surface area contributed by atoms with Crippen molar-refractivity contribution in [1.82, 2.24) is 0 Å². The third kappa shape index (κ3) is 4.85. The molecule has 2 aromatic carbocycles. The Morgan fingerprint density at radius 2 is 1.83 bits per heavy atom. The second kappa shape index (κ2) is 9.42. The fraction of sp³-hybridized carbons (Fsp3) is 0.136. The molecule has 0 bridgehead atoms. The minimum Gasteiger partial charge on any atom is -0.482 e. The number of hydrogen-bond acceptors (Lipinski definition) is 8. The van der Waals surface area contributed by atoms with E-state index in [4.69, 9.17) is 18.6 Å². The van der Waals surface area contributed by atoms with E-state index in [1.165, 1.54) is 61.9 Å². The quantitative estimate of drug-likeness (QED) is 0.411. The first-order valence-corrected chi connectivity index (χ1v) is 8.83. The first-order chi connectivity index (χ1) is 14.5. The van der Waals surface area contributed by atoms with E-state index < -0.39 is 11.9 Å². The van der Waals surface area contributed by atoms with E-state index in [1.807, 2.05) is 0 Å². The van der Waals surface area contributed by atoms with Gasteiger partial charge < -0.3 is 23.4 Å². The van der Waals surface area contributed by atoms with Gasteiger partial charge in [-0.2, -0.15) is 0 Å². The van der Waals surface area contributed by atoms with Crippen molar-refractivity contribution in [3.63, 3.8) is 0 Å². The Morgan fingerprint density at radius 3 is 2.53 bits per heavy atom. The Bertz CT molecular complexity index is 1130. The Labute approximate surface area is 171 Å². The van der Waals surface area contributed by atoms with Crippen LogP contribution in [0.2, 0.25) is 0 Å². The van der Waals surface area contributed by atoms with Crippen LogP contribution < -0.4 is 14.9 Å². The zero-order valence-corrected chi connectivity index (χ0v) is 16.1. The highest BCUT2D eigenvalue weighted by Gasteiger charge is 2.12. The second-order valence-electron chi connectivity index (χ2n) is 5.97. The van der Waals surface area contributed by atoms with Gasteiger partial charge in [0.25, 0.3) is 0 Å². The average molecular weight is 410 g/mol. The highest BCUT2D eigenvalue weighted by molar-refractivity contribution is 5.89. The zero-order chi connectivity index (χ0) is 21.5. The van der Waals surface area contributed by atoms with Crippen LogP contribution in [-0.4, -0.2) is 32.3 Å². The lowest BCUT2D eigenvalue weighted by Gasteiger charge is -2.08. The first kappa shape index (κ1) is 20.7. The summed E-state index contributed by atoms with van der Waals surface area (Å²) < 4.78 is 25.8. The molecule has 154 valence electrons. The van der Waals surface area contributed by atoms with E-state index in [2.05, 4.69) is 11.3 Å². The molecule has 0 fully saturated rings. The van der Waals surface area contributed by atoms with E-state index in [0.717, 1.165) is 0 Å². The van der Waals surface area contributed by atoms with Crippen LogP contribution in [0.4, 0.5) is 0 Å². The Kier molecular flexibility index (Phi) is 6.49. The molecule has 0 saturated carbocycles. The highest BCUT2D eigenvalue weighted by atomic mass is 16.6. The molecule has 1 aromatic heterocycles. The molecule has 0 spiro atoms. The number of methoxy groups -OCH3 is 1. The number of rotatable bonds is 8. The van der Waals surface area contributed by atoms with E-state index in [0.29, 0.717) is 17.1 Å². The molecule has 0 aliphatic carbocycles. The smallest absolute Gasteiger partial charge is 0.344 e. The van der Waals surface area contributed by atoms with Gasteiger partial charge >= 0.3 is 11.9 Å². The molecule has 3 aromatic rings. The molecule has 30 heavy (non-hydrogen) atoms. The predicted molar refractivity (Wildman–Crippen MR) is 107 cm³/mol. The maximum absolute atomic E-state index is 12.7. The molecule has 0 saturated heterocycles. The van der Waals surface area contributed by atoms with E-state index in [-0.39, 0.29) is 35.4 Å². The van der Waals surface area contributed by atoms with Crippen molar-refractivity contribution in [1.29, 1.82) is 0 Å². The number of ether oxygens (including phenoxy) is 4. The average Bonchev–Trinajstić information content (AvgIpc) is 2.78. The van der Waals surface area contributed by atoms with Gasteiger partial charge in [0.15, 0.2) is 6.61 Å². The lowest BCUT2D eigenvalue weighted by atomic mass is 10.2. The third-order valence-electron chi connectivity index (χ3n) is 3.94. The van der Waals surface area contributed by atoms with Gasteiger partial charge in [-0.3, -0.25) is 4.79 Å². The summed E-state index contributed by atoms with van der Waals surface area (Å²) in [6, 6.07) is 10.7. The number of hydrogen-bond donors (Lipinski definition) is 0. The number of fused-ring (bicyclic) bond motifs is 1. The molecule has 0 aliphatic heterocycles. The minimum absolute atomic E-state index is 0.0185. The van der Waals surface area contributed by atoms with E-state index in [9.17, 15) is 14.4 Å². The normalized spacial score (nSPS) is 10.3. The SMILES string of the molecule is C=CCOC(=O)COc1ccc2c(=O)c(Oc3ccc(C(=O)OC)cc3)coc2c1. The van der Waals surface area contributed by atoms with Crippen LogP contribution in [0.1, 0.15) is 10.4 Å². The van der Waals surface area contributed by atoms with Crippen molar-refractivity contribution in [2.24, 2.45) is 0 Å². The summed E-state index contributed by atoms with van der Waals surface area (Å²) >= 11 is 0. The van der Waals surface area contributed by atoms with Crippen molar-refractivity contribution in [2.45, 2.75) is 0 Å². The molecule has 0 unspecified atom stereocenters. The molecule has 8 nitrogen and oxygen atoms in total. The van der Waals surface area contributed by atoms with Crippen molar-refractivity contribution in [3.05, 3.63) is 77.2 Å². The molecular formula is C22H18O8. The van der Waals surface area contributed by atoms with Crippen LogP contribution in [0.25, 0.3) is 11.0 Å². The van der Waals surface area contributed by atoms with Gasteiger partial charge in [-0.25, -0.2) is 9.59 Å². The van der Waals surface area contributed by atoms with Crippen molar-refractivity contribution in [3.8, 4) is 17.2 Å². The highest BCUT2D eigenvalue weighted by Crippen LogP contribution is 2.24. The summed E-state index contributed by atoms with van der Waals surface area (Å²) in [6.45, 7) is 3.27. The summed E-state index contributed by atoms with van der Waals surface area (Å²) in [4.78, 5) is 35.6. The molecule has 0 radical (unpaired) electrons. The van der Waals surface area contributed by atoms with Crippen LogP contribution in [0, 0.1) is 0 Å². The van der Waals surface area contributed by atoms with Crippen molar-refractivity contribution >= 4 is 22.9 Å². The fourth-order valence-electron chi connectivity index (χ4n) is 2.49. The van der Waals surface area contributed by atoms with E-state index in [1.54, 1.807) is 0 Å². The molecule has 1 heterocycles. The van der Waals surface area contributed by atoms with Crippen molar-refractivity contribution in [2.75, 3.05) is 20.3 Å². The largest absolute Gasteiger partial charge is 0.482 e. The van der Waals surface area contributed by atoms with Gasteiger partial charge in [-0.1, -0.05) is 12.7 Å². The number of benzene rings is 2. The summed E-state index contributed by atoms with van der Waals surface area (Å²) in [6.07, 6.45) is 2.64. The molecule has 3 rings (SSSR count).